The molecule has 2 fully saturated rings. The zero-order chi connectivity index (χ0) is 23.2. The molecule has 3 aromatic rings. The molecule has 2 aromatic carbocycles. The van der Waals surface area contributed by atoms with E-state index in [1.807, 2.05) is 41.4 Å². The zero-order valence-electron chi connectivity index (χ0n) is 19.7. The van der Waals surface area contributed by atoms with E-state index in [4.69, 9.17) is 9.47 Å². The topological polar surface area (TPSA) is 54.9 Å². The number of rotatable bonds is 7. The quantitative estimate of drug-likeness (QED) is 0.534. The summed E-state index contributed by atoms with van der Waals surface area (Å²) in [5.41, 5.74) is 3.12. The van der Waals surface area contributed by atoms with Gasteiger partial charge in [0.15, 0.2) is 0 Å². The fraction of sp³-hybridized carbons (Fsp3) is 0.429. The van der Waals surface area contributed by atoms with Gasteiger partial charge < -0.3 is 14.4 Å². The van der Waals surface area contributed by atoms with Gasteiger partial charge in [-0.25, -0.2) is 0 Å². The Kier molecular flexibility index (Phi) is 7.37. The first-order valence-corrected chi connectivity index (χ1v) is 12.4. The minimum Gasteiger partial charge on any atom is -0.492 e. The number of pyridine rings is 1. The van der Waals surface area contributed by atoms with Crippen molar-refractivity contribution in [3.05, 3.63) is 71.9 Å². The molecule has 34 heavy (non-hydrogen) atoms. The van der Waals surface area contributed by atoms with E-state index in [2.05, 4.69) is 34.1 Å². The third-order valence-corrected chi connectivity index (χ3v) is 7.01. The van der Waals surface area contributed by atoms with Crippen molar-refractivity contribution in [2.45, 2.75) is 19.3 Å². The molecule has 2 saturated heterocycles. The Morgan fingerprint density at radius 2 is 1.82 bits per heavy atom. The molecule has 6 heteroatoms. The van der Waals surface area contributed by atoms with Crippen molar-refractivity contribution >= 4 is 16.8 Å². The molecule has 2 aliphatic rings. The van der Waals surface area contributed by atoms with Gasteiger partial charge in [-0.05, 0) is 61.1 Å². The normalized spacial score (nSPS) is 17.7. The van der Waals surface area contributed by atoms with E-state index in [1.54, 1.807) is 0 Å². The number of benzene rings is 2. The Bertz CT molecular complexity index is 1100. The summed E-state index contributed by atoms with van der Waals surface area (Å²) in [6.07, 6.45) is 4.94. The number of amides is 1. The second-order valence-electron chi connectivity index (χ2n) is 9.26. The van der Waals surface area contributed by atoms with Crippen LogP contribution in [-0.2, 0) is 11.2 Å². The first kappa shape index (κ1) is 22.8. The minimum atomic E-state index is 0.103. The molecule has 3 heterocycles. The number of ether oxygens (including phenoxy) is 2. The van der Waals surface area contributed by atoms with Crippen LogP contribution in [-0.4, -0.2) is 73.2 Å². The van der Waals surface area contributed by atoms with E-state index in [0.717, 1.165) is 76.5 Å². The summed E-state index contributed by atoms with van der Waals surface area (Å²) < 4.78 is 11.3. The Morgan fingerprint density at radius 1 is 1.00 bits per heavy atom. The van der Waals surface area contributed by atoms with Crippen LogP contribution >= 0.6 is 0 Å². The van der Waals surface area contributed by atoms with Gasteiger partial charge in [-0.15, -0.1) is 0 Å². The maximum absolute atomic E-state index is 13.2. The van der Waals surface area contributed by atoms with Crippen LogP contribution < -0.4 is 4.74 Å². The molecule has 0 atom stereocenters. The van der Waals surface area contributed by atoms with Gasteiger partial charge in [-0.1, -0.05) is 24.3 Å². The summed E-state index contributed by atoms with van der Waals surface area (Å²) in [6, 6.07) is 18.2. The van der Waals surface area contributed by atoms with Gasteiger partial charge in [0.1, 0.15) is 12.4 Å². The largest absolute Gasteiger partial charge is 0.492 e. The Labute approximate surface area is 201 Å². The monoisotopic (exact) mass is 459 g/mol. The van der Waals surface area contributed by atoms with E-state index in [1.165, 1.54) is 10.9 Å². The van der Waals surface area contributed by atoms with Gasteiger partial charge in [0.25, 0.3) is 5.91 Å². The number of morpholine rings is 1. The van der Waals surface area contributed by atoms with Crippen molar-refractivity contribution in [1.29, 1.82) is 0 Å². The highest BCUT2D eigenvalue weighted by Gasteiger charge is 2.24. The Morgan fingerprint density at radius 3 is 2.68 bits per heavy atom. The van der Waals surface area contributed by atoms with E-state index in [-0.39, 0.29) is 5.91 Å². The predicted octanol–water partition coefficient (Wildman–Crippen LogP) is 4.04. The molecule has 0 bridgehead atoms. The van der Waals surface area contributed by atoms with Crippen molar-refractivity contribution in [3.63, 3.8) is 0 Å². The maximum atomic E-state index is 13.2. The van der Waals surface area contributed by atoms with Crippen LogP contribution in [0.25, 0.3) is 10.9 Å². The fourth-order valence-corrected chi connectivity index (χ4v) is 5.02. The van der Waals surface area contributed by atoms with Crippen molar-refractivity contribution in [3.8, 4) is 5.75 Å². The van der Waals surface area contributed by atoms with Crippen molar-refractivity contribution in [2.75, 3.05) is 52.5 Å². The van der Waals surface area contributed by atoms with Gasteiger partial charge in [-0.2, -0.15) is 0 Å². The highest BCUT2D eigenvalue weighted by molar-refractivity contribution is 5.94. The van der Waals surface area contributed by atoms with E-state index in [9.17, 15) is 4.79 Å². The van der Waals surface area contributed by atoms with Gasteiger partial charge in [0, 0.05) is 49.9 Å². The first-order chi connectivity index (χ1) is 16.8. The third kappa shape index (κ3) is 5.57. The summed E-state index contributed by atoms with van der Waals surface area (Å²) in [5, 5.41) is 1.24. The lowest BCUT2D eigenvalue weighted by atomic mass is 9.88. The predicted molar refractivity (Wildman–Crippen MR) is 133 cm³/mol. The van der Waals surface area contributed by atoms with Crippen LogP contribution in [0, 0.1) is 5.92 Å². The third-order valence-electron chi connectivity index (χ3n) is 7.01. The Hall–Kier alpha value is -2.96. The molecule has 178 valence electrons. The van der Waals surface area contributed by atoms with E-state index < -0.39 is 0 Å². The van der Waals surface area contributed by atoms with Gasteiger partial charge >= 0.3 is 0 Å². The van der Waals surface area contributed by atoms with E-state index >= 15 is 0 Å². The lowest BCUT2D eigenvalue weighted by Gasteiger charge is -2.32. The molecule has 0 N–H and O–H groups in total. The molecule has 0 saturated carbocycles. The number of piperidine rings is 1. The molecule has 2 aliphatic heterocycles. The summed E-state index contributed by atoms with van der Waals surface area (Å²) in [5.74, 6) is 1.45. The summed E-state index contributed by atoms with van der Waals surface area (Å²) >= 11 is 0. The zero-order valence-corrected chi connectivity index (χ0v) is 19.7. The highest BCUT2D eigenvalue weighted by atomic mass is 16.5. The smallest absolute Gasteiger partial charge is 0.253 e. The van der Waals surface area contributed by atoms with Crippen LogP contribution in [0.4, 0.5) is 0 Å². The lowest BCUT2D eigenvalue weighted by Crippen LogP contribution is -2.39. The molecule has 0 spiro atoms. The lowest BCUT2D eigenvalue weighted by molar-refractivity contribution is 0.0322. The first-order valence-electron chi connectivity index (χ1n) is 12.4. The fourth-order valence-electron chi connectivity index (χ4n) is 5.02. The van der Waals surface area contributed by atoms with Crippen LogP contribution in [0.2, 0.25) is 0 Å². The van der Waals surface area contributed by atoms with Gasteiger partial charge in [0.05, 0.1) is 18.7 Å². The van der Waals surface area contributed by atoms with Crippen LogP contribution in [0.1, 0.15) is 28.8 Å². The average Bonchev–Trinajstić information content (AvgIpc) is 2.90. The van der Waals surface area contributed by atoms with Gasteiger partial charge in [0.2, 0.25) is 0 Å². The SMILES string of the molecule is O=C(c1cccc(OCCN2CCOCC2)c1)N1CCC(Cc2cccc3ncccc23)CC1. The average molecular weight is 460 g/mol. The number of hydrogen-bond donors (Lipinski definition) is 0. The molecule has 0 radical (unpaired) electrons. The summed E-state index contributed by atoms with van der Waals surface area (Å²) in [6.45, 7) is 6.59. The minimum absolute atomic E-state index is 0.103. The summed E-state index contributed by atoms with van der Waals surface area (Å²) in [7, 11) is 0. The van der Waals surface area contributed by atoms with Crippen molar-refractivity contribution in [1.82, 2.24) is 14.8 Å². The molecule has 0 aliphatic carbocycles. The van der Waals surface area contributed by atoms with Gasteiger partial charge in [-0.3, -0.25) is 14.7 Å². The number of carbonyl (C=O) groups is 1. The maximum Gasteiger partial charge on any atom is 0.253 e. The molecule has 1 amide bonds. The second-order valence-corrected chi connectivity index (χ2v) is 9.26. The Balaban J connectivity index is 1.13. The van der Waals surface area contributed by atoms with Crippen molar-refractivity contribution in [2.24, 2.45) is 5.92 Å². The summed E-state index contributed by atoms with van der Waals surface area (Å²) in [4.78, 5) is 22.0. The van der Waals surface area contributed by atoms with Crippen molar-refractivity contribution < 1.29 is 14.3 Å². The molecule has 0 unspecified atom stereocenters. The van der Waals surface area contributed by atoms with Crippen LogP contribution in [0.5, 0.6) is 5.75 Å². The second kappa shape index (κ2) is 11.0. The highest BCUT2D eigenvalue weighted by Crippen LogP contribution is 2.26. The number of hydrogen-bond acceptors (Lipinski definition) is 5. The molecule has 5 rings (SSSR count). The number of nitrogens with zero attached hydrogens (tertiary/aromatic N) is 3. The molecular weight excluding hydrogens is 426 g/mol. The van der Waals surface area contributed by atoms with Crippen LogP contribution in [0.15, 0.2) is 60.8 Å². The number of fused-ring (bicyclic) bond motifs is 1. The number of aromatic nitrogens is 1. The van der Waals surface area contributed by atoms with E-state index in [0.29, 0.717) is 18.1 Å². The molecular formula is C28H33N3O3. The number of carbonyl (C=O) groups excluding carboxylic acids is 1. The standard InChI is InChI=1S/C28H33N3O3/c32-28(24-5-1-6-25(21-24)34-19-16-30-14-17-33-18-15-30)31-12-9-22(10-13-31)20-23-4-2-8-27-26(23)7-3-11-29-27/h1-8,11,21-22H,9-10,12-20H2. The molecule has 6 nitrogen and oxygen atoms in total. The number of likely N-dealkylation sites (tertiary alicyclic amines) is 1. The van der Waals surface area contributed by atoms with Crippen LogP contribution in [0.3, 0.4) is 0 Å². The molecule has 1 aromatic heterocycles.